The molecule has 2 rings (SSSR count). The summed E-state index contributed by atoms with van der Waals surface area (Å²) in [6.45, 7) is 6.17. The van der Waals surface area contributed by atoms with E-state index in [2.05, 4.69) is 12.2 Å². The van der Waals surface area contributed by atoms with Crippen LogP contribution in [0.1, 0.15) is 59.3 Å². The first-order chi connectivity index (χ1) is 7.92. The highest BCUT2D eigenvalue weighted by molar-refractivity contribution is 5.83. The molecule has 0 radical (unpaired) electrons. The number of aliphatic hydroxyl groups is 1. The summed E-state index contributed by atoms with van der Waals surface area (Å²) < 4.78 is 0. The Labute approximate surface area is 104 Å². The van der Waals surface area contributed by atoms with Crippen LogP contribution >= 0.6 is 0 Å². The second-order valence-corrected chi connectivity index (χ2v) is 6.44. The van der Waals surface area contributed by atoms with Crippen molar-refractivity contribution in [1.82, 2.24) is 5.32 Å². The molecular weight excluding hydrogens is 214 g/mol. The molecule has 2 saturated carbocycles. The molecule has 0 heterocycles. The van der Waals surface area contributed by atoms with Gasteiger partial charge in [0.05, 0.1) is 6.10 Å². The van der Waals surface area contributed by atoms with Crippen molar-refractivity contribution >= 4 is 5.91 Å². The van der Waals surface area contributed by atoms with E-state index in [4.69, 9.17) is 0 Å². The summed E-state index contributed by atoms with van der Waals surface area (Å²) in [6.07, 6.45) is 5.80. The van der Waals surface area contributed by atoms with Gasteiger partial charge in [-0.2, -0.15) is 0 Å². The molecular formula is C14H25NO2. The summed E-state index contributed by atoms with van der Waals surface area (Å²) in [7, 11) is 0. The van der Waals surface area contributed by atoms with Gasteiger partial charge in [0.25, 0.3) is 0 Å². The highest BCUT2D eigenvalue weighted by Crippen LogP contribution is 2.44. The average molecular weight is 239 g/mol. The van der Waals surface area contributed by atoms with E-state index >= 15 is 0 Å². The Bertz CT molecular complexity index is 305. The molecule has 98 valence electrons. The zero-order valence-corrected chi connectivity index (χ0v) is 11.3. The summed E-state index contributed by atoms with van der Waals surface area (Å²) >= 11 is 0. The molecule has 0 spiro atoms. The number of carbonyl (C=O) groups excluding carboxylic acids is 1. The maximum absolute atomic E-state index is 12.4. The number of carbonyl (C=O) groups is 1. The van der Waals surface area contributed by atoms with Gasteiger partial charge in [0.1, 0.15) is 0 Å². The Morgan fingerprint density at radius 1 is 1.35 bits per heavy atom. The second kappa shape index (κ2) is 4.27. The normalized spacial score (nSPS) is 34.1. The third-order valence-electron chi connectivity index (χ3n) is 5.24. The first-order valence-electron chi connectivity index (χ1n) is 6.91. The van der Waals surface area contributed by atoms with Crippen molar-refractivity contribution in [3.05, 3.63) is 0 Å². The zero-order valence-electron chi connectivity index (χ0n) is 11.3. The fourth-order valence-corrected chi connectivity index (χ4v) is 3.25. The van der Waals surface area contributed by atoms with Crippen LogP contribution < -0.4 is 5.32 Å². The zero-order chi connectivity index (χ0) is 12.7. The lowest BCUT2D eigenvalue weighted by Gasteiger charge is -2.50. The second-order valence-electron chi connectivity index (χ2n) is 6.44. The van der Waals surface area contributed by atoms with E-state index in [0.29, 0.717) is 6.42 Å². The Morgan fingerprint density at radius 3 is 2.35 bits per heavy atom. The van der Waals surface area contributed by atoms with Crippen molar-refractivity contribution in [2.75, 3.05) is 0 Å². The highest BCUT2D eigenvalue weighted by atomic mass is 16.3. The molecule has 17 heavy (non-hydrogen) atoms. The van der Waals surface area contributed by atoms with Gasteiger partial charge in [0.2, 0.25) is 5.91 Å². The smallest absolute Gasteiger partial charge is 0.226 e. The molecule has 2 N–H and O–H groups in total. The maximum atomic E-state index is 12.4. The fourth-order valence-electron chi connectivity index (χ4n) is 3.25. The van der Waals surface area contributed by atoms with Gasteiger partial charge in [-0.15, -0.1) is 0 Å². The summed E-state index contributed by atoms with van der Waals surface area (Å²) in [5.74, 6) is 0.225. The van der Waals surface area contributed by atoms with E-state index in [9.17, 15) is 9.90 Å². The summed E-state index contributed by atoms with van der Waals surface area (Å²) in [4.78, 5) is 12.4. The monoisotopic (exact) mass is 239 g/mol. The van der Waals surface area contributed by atoms with Crippen LogP contribution in [0.5, 0.6) is 0 Å². The molecule has 2 aliphatic rings. The molecule has 3 nitrogen and oxygen atoms in total. The summed E-state index contributed by atoms with van der Waals surface area (Å²) in [5.41, 5.74) is -0.278. The molecule has 0 aromatic heterocycles. The van der Waals surface area contributed by atoms with Gasteiger partial charge >= 0.3 is 0 Å². The largest absolute Gasteiger partial charge is 0.392 e. The lowest BCUT2D eigenvalue weighted by atomic mass is 9.64. The predicted octanol–water partition coefficient (Wildman–Crippen LogP) is 2.23. The van der Waals surface area contributed by atoms with Crippen LogP contribution in [-0.2, 0) is 4.79 Å². The van der Waals surface area contributed by atoms with Crippen molar-refractivity contribution in [3.63, 3.8) is 0 Å². The Morgan fingerprint density at radius 2 is 1.94 bits per heavy atom. The van der Waals surface area contributed by atoms with Gasteiger partial charge in [-0.05, 0) is 25.7 Å². The van der Waals surface area contributed by atoms with Crippen molar-refractivity contribution in [1.29, 1.82) is 0 Å². The number of hydrogen-bond acceptors (Lipinski definition) is 2. The number of hydrogen-bond donors (Lipinski definition) is 2. The van der Waals surface area contributed by atoms with Gasteiger partial charge in [0, 0.05) is 16.9 Å². The number of rotatable bonds is 3. The van der Waals surface area contributed by atoms with E-state index in [-0.39, 0.29) is 28.9 Å². The Kier molecular flexibility index (Phi) is 3.23. The first kappa shape index (κ1) is 12.9. The average Bonchev–Trinajstić information content (AvgIpc) is 2.78. The number of aliphatic hydroxyl groups excluding tert-OH is 1. The van der Waals surface area contributed by atoms with Crippen molar-refractivity contribution in [3.8, 4) is 0 Å². The fraction of sp³-hybridized carbons (Fsp3) is 0.929. The highest BCUT2D eigenvalue weighted by Gasteiger charge is 2.50. The van der Waals surface area contributed by atoms with Gasteiger partial charge < -0.3 is 10.4 Å². The van der Waals surface area contributed by atoms with E-state index in [1.807, 2.05) is 13.8 Å². The Hall–Kier alpha value is -0.570. The molecule has 0 aromatic carbocycles. The van der Waals surface area contributed by atoms with Crippen molar-refractivity contribution < 1.29 is 9.90 Å². The molecule has 3 heteroatoms. The summed E-state index contributed by atoms with van der Waals surface area (Å²) in [5, 5.41) is 12.9. The van der Waals surface area contributed by atoms with Crippen LogP contribution in [-0.4, -0.2) is 23.2 Å². The van der Waals surface area contributed by atoms with Gasteiger partial charge in [-0.3, -0.25) is 4.79 Å². The topological polar surface area (TPSA) is 49.3 Å². The van der Waals surface area contributed by atoms with Crippen LogP contribution in [0.15, 0.2) is 0 Å². The quantitative estimate of drug-likeness (QED) is 0.793. The SMILES string of the molecule is CCC1(C(=O)NC2CC(O)C2(C)C)CCCC1. The number of nitrogens with one attached hydrogen (secondary N) is 1. The van der Waals surface area contributed by atoms with Gasteiger partial charge in [-0.25, -0.2) is 0 Å². The van der Waals surface area contributed by atoms with E-state index in [1.165, 1.54) is 12.8 Å². The molecule has 2 unspecified atom stereocenters. The first-order valence-corrected chi connectivity index (χ1v) is 6.91. The Balaban J connectivity index is 1.98. The molecule has 2 atom stereocenters. The van der Waals surface area contributed by atoms with Crippen LogP contribution in [0.3, 0.4) is 0 Å². The molecule has 0 saturated heterocycles. The third kappa shape index (κ3) is 1.99. The molecule has 2 aliphatic carbocycles. The molecule has 0 aromatic rings. The van der Waals surface area contributed by atoms with Gasteiger partial charge in [-0.1, -0.05) is 33.6 Å². The lowest BCUT2D eigenvalue weighted by molar-refractivity contribution is -0.139. The minimum Gasteiger partial charge on any atom is -0.392 e. The van der Waals surface area contributed by atoms with Crippen LogP contribution in [0, 0.1) is 10.8 Å². The van der Waals surface area contributed by atoms with E-state index in [1.54, 1.807) is 0 Å². The molecule has 1 amide bonds. The summed E-state index contributed by atoms with van der Waals surface area (Å²) in [6, 6.07) is 0.147. The minimum absolute atomic E-state index is 0.114. The standard InChI is InChI=1S/C14H25NO2/c1-4-14(7-5-6-8-14)12(17)15-10-9-11(16)13(10,2)3/h10-11,16H,4-9H2,1-3H3,(H,15,17). The van der Waals surface area contributed by atoms with Crippen molar-refractivity contribution in [2.24, 2.45) is 10.8 Å². The number of amides is 1. The molecule has 0 aliphatic heterocycles. The van der Waals surface area contributed by atoms with E-state index < -0.39 is 0 Å². The van der Waals surface area contributed by atoms with Crippen LogP contribution in [0.4, 0.5) is 0 Å². The third-order valence-corrected chi connectivity index (χ3v) is 5.24. The van der Waals surface area contributed by atoms with E-state index in [0.717, 1.165) is 19.3 Å². The minimum atomic E-state index is -0.269. The maximum Gasteiger partial charge on any atom is 0.226 e. The van der Waals surface area contributed by atoms with Crippen LogP contribution in [0.2, 0.25) is 0 Å². The lowest BCUT2D eigenvalue weighted by Crippen LogP contribution is -2.62. The van der Waals surface area contributed by atoms with Crippen molar-refractivity contribution in [2.45, 2.75) is 71.4 Å². The molecule has 2 fully saturated rings. The van der Waals surface area contributed by atoms with Crippen LogP contribution in [0.25, 0.3) is 0 Å². The van der Waals surface area contributed by atoms with Gasteiger partial charge in [0.15, 0.2) is 0 Å². The predicted molar refractivity (Wildman–Crippen MR) is 67.5 cm³/mol. The molecule has 0 bridgehead atoms.